The number of thiophene rings is 1. The average molecular weight is 435 g/mol. The number of aromatic amines is 1. The van der Waals surface area contributed by atoms with E-state index < -0.39 is 0 Å². The van der Waals surface area contributed by atoms with Gasteiger partial charge in [0.25, 0.3) is 5.91 Å². The number of nitrogens with one attached hydrogen (secondary N) is 3. The Kier molecular flexibility index (Phi) is 6.62. The molecule has 4 rings (SSSR count). The maximum Gasteiger partial charge on any atom is 0.256 e. The molecule has 160 valence electrons. The van der Waals surface area contributed by atoms with Gasteiger partial charge in [0.05, 0.1) is 17.5 Å². The quantitative estimate of drug-likeness (QED) is 0.482. The summed E-state index contributed by atoms with van der Waals surface area (Å²) in [5.41, 5.74) is 3.91. The first-order chi connectivity index (χ1) is 15.1. The van der Waals surface area contributed by atoms with Crippen LogP contribution in [-0.2, 0) is 4.79 Å². The minimum Gasteiger partial charge on any atom is -0.338 e. The predicted octanol–water partition coefficient (Wildman–Crippen LogP) is 5.45. The first-order valence-corrected chi connectivity index (χ1v) is 11.5. The van der Waals surface area contributed by atoms with E-state index in [1.54, 1.807) is 12.3 Å². The van der Waals surface area contributed by atoms with Crippen molar-refractivity contribution in [2.24, 2.45) is 5.92 Å². The molecule has 2 amide bonds. The lowest BCUT2D eigenvalue weighted by Gasteiger charge is -2.20. The molecular weight excluding hydrogens is 408 g/mol. The Labute approximate surface area is 185 Å². The van der Waals surface area contributed by atoms with Crippen molar-refractivity contribution >= 4 is 34.9 Å². The number of allylic oxidation sites excluding steroid dienone is 1. The molecule has 2 aromatic heterocycles. The Morgan fingerprint density at radius 3 is 2.61 bits per heavy atom. The van der Waals surface area contributed by atoms with Gasteiger partial charge in [-0.3, -0.25) is 9.59 Å². The molecule has 6 nitrogen and oxygen atoms in total. The van der Waals surface area contributed by atoms with Crippen LogP contribution in [0.25, 0.3) is 17.5 Å². The van der Waals surface area contributed by atoms with E-state index >= 15 is 0 Å². The van der Waals surface area contributed by atoms with Gasteiger partial charge in [-0.25, -0.2) is 4.98 Å². The molecule has 1 aliphatic carbocycles. The maximum absolute atomic E-state index is 12.4. The normalized spacial score (nSPS) is 14.9. The molecule has 2 heterocycles. The molecule has 31 heavy (non-hydrogen) atoms. The third-order valence-electron chi connectivity index (χ3n) is 5.46. The lowest BCUT2D eigenvalue weighted by molar-refractivity contribution is -0.120. The van der Waals surface area contributed by atoms with E-state index in [9.17, 15) is 9.59 Å². The van der Waals surface area contributed by atoms with E-state index in [2.05, 4.69) is 20.6 Å². The molecule has 3 aromatic rings. The molecule has 1 fully saturated rings. The second-order valence-corrected chi connectivity index (χ2v) is 8.66. The number of carbonyl (C=O) groups is 2. The molecule has 0 spiro atoms. The molecule has 7 heteroatoms. The van der Waals surface area contributed by atoms with Crippen molar-refractivity contribution in [2.45, 2.75) is 39.0 Å². The highest BCUT2D eigenvalue weighted by Crippen LogP contribution is 2.25. The Morgan fingerprint density at radius 1 is 1.13 bits per heavy atom. The third-order valence-corrected chi connectivity index (χ3v) is 6.15. The van der Waals surface area contributed by atoms with Crippen LogP contribution in [0.2, 0.25) is 0 Å². The highest BCUT2D eigenvalue weighted by atomic mass is 32.1. The number of hydrogen-bond donors (Lipinski definition) is 3. The first-order valence-electron chi connectivity index (χ1n) is 10.6. The monoisotopic (exact) mass is 434 g/mol. The molecule has 1 saturated carbocycles. The summed E-state index contributed by atoms with van der Waals surface area (Å²) >= 11 is 1.49. The highest BCUT2D eigenvalue weighted by molar-refractivity contribution is 7.08. The van der Waals surface area contributed by atoms with Gasteiger partial charge in [0.15, 0.2) is 0 Å². The maximum atomic E-state index is 12.4. The number of rotatable bonds is 6. The number of aromatic nitrogens is 2. The summed E-state index contributed by atoms with van der Waals surface area (Å²) in [7, 11) is 0. The van der Waals surface area contributed by atoms with Crippen LogP contribution in [0.5, 0.6) is 0 Å². The summed E-state index contributed by atoms with van der Waals surface area (Å²) in [6.07, 6.45) is 9.07. The Morgan fingerprint density at radius 2 is 1.90 bits per heavy atom. The summed E-state index contributed by atoms with van der Waals surface area (Å²) in [5, 5.41) is 9.60. The van der Waals surface area contributed by atoms with Gasteiger partial charge < -0.3 is 15.6 Å². The van der Waals surface area contributed by atoms with Crippen LogP contribution < -0.4 is 10.6 Å². The zero-order valence-electron chi connectivity index (χ0n) is 17.5. The van der Waals surface area contributed by atoms with Crippen LogP contribution >= 0.6 is 11.3 Å². The van der Waals surface area contributed by atoms with Crippen molar-refractivity contribution in [3.05, 3.63) is 64.2 Å². The second kappa shape index (κ2) is 9.75. The fourth-order valence-electron chi connectivity index (χ4n) is 3.79. The molecule has 1 aliphatic rings. The second-order valence-electron chi connectivity index (χ2n) is 7.88. The summed E-state index contributed by atoms with van der Waals surface area (Å²) < 4.78 is 0. The van der Waals surface area contributed by atoms with Crippen molar-refractivity contribution in [3.63, 3.8) is 0 Å². The van der Waals surface area contributed by atoms with Crippen molar-refractivity contribution < 1.29 is 9.59 Å². The lowest BCUT2D eigenvalue weighted by atomic mass is 9.88. The van der Waals surface area contributed by atoms with E-state index in [1.807, 2.05) is 48.0 Å². The molecule has 1 aromatic carbocycles. The molecule has 0 atom stereocenters. The minimum absolute atomic E-state index is 0.123. The van der Waals surface area contributed by atoms with E-state index in [0.717, 1.165) is 54.1 Å². The molecule has 0 aliphatic heterocycles. The van der Waals surface area contributed by atoms with Gasteiger partial charge in [0.2, 0.25) is 5.91 Å². The smallest absolute Gasteiger partial charge is 0.256 e. The number of H-pyrrole nitrogens is 1. The van der Waals surface area contributed by atoms with Crippen LogP contribution in [0.15, 0.2) is 53.0 Å². The molecule has 3 N–H and O–H groups in total. The molecular formula is C24H26N4O2S. The van der Waals surface area contributed by atoms with Crippen LogP contribution in [0.1, 0.15) is 55.1 Å². The SMILES string of the molecule is C/C(=C\c1cnc(-c2ccc(NC(=O)C3CCCCC3)cc2)[nH]1)NC(=O)c1ccsc1. The number of imidazole rings is 1. The van der Waals surface area contributed by atoms with E-state index in [4.69, 9.17) is 0 Å². The van der Waals surface area contributed by atoms with E-state index in [1.165, 1.54) is 17.8 Å². The highest BCUT2D eigenvalue weighted by Gasteiger charge is 2.21. The summed E-state index contributed by atoms with van der Waals surface area (Å²) in [4.78, 5) is 32.2. The lowest BCUT2D eigenvalue weighted by Crippen LogP contribution is -2.24. The Hall–Kier alpha value is -3.19. The molecule has 0 bridgehead atoms. The third kappa shape index (κ3) is 5.49. The fourth-order valence-corrected chi connectivity index (χ4v) is 4.43. The van der Waals surface area contributed by atoms with Gasteiger partial charge >= 0.3 is 0 Å². The van der Waals surface area contributed by atoms with Gasteiger partial charge in [-0.2, -0.15) is 11.3 Å². The first kappa shape index (κ1) is 21.1. The standard InChI is InChI=1S/C24H26N4O2S/c1-16(26-24(30)19-11-12-31-15-19)13-21-14-25-22(27-21)17-7-9-20(10-8-17)28-23(29)18-5-3-2-4-6-18/h7-15,18H,2-6H2,1H3,(H,25,27)(H,26,30)(H,28,29)/b16-13+. The number of hydrogen-bond acceptors (Lipinski definition) is 4. The fraction of sp³-hybridized carbons (Fsp3) is 0.292. The van der Waals surface area contributed by atoms with Gasteiger partial charge in [0, 0.05) is 28.2 Å². The zero-order valence-corrected chi connectivity index (χ0v) is 18.3. The summed E-state index contributed by atoms with van der Waals surface area (Å²) in [6.45, 7) is 1.84. The van der Waals surface area contributed by atoms with E-state index in [-0.39, 0.29) is 17.7 Å². The van der Waals surface area contributed by atoms with Crippen molar-refractivity contribution in [3.8, 4) is 11.4 Å². The zero-order chi connectivity index (χ0) is 21.6. The summed E-state index contributed by atoms with van der Waals surface area (Å²) in [6, 6.07) is 9.48. The largest absolute Gasteiger partial charge is 0.338 e. The Bertz CT molecular complexity index is 1060. The number of amides is 2. The number of benzene rings is 1. The van der Waals surface area contributed by atoms with Gasteiger partial charge in [0.1, 0.15) is 5.82 Å². The van der Waals surface area contributed by atoms with Crippen LogP contribution in [0, 0.1) is 5.92 Å². The van der Waals surface area contributed by atoms with E-state index in [0.29, 0.717) is 5.56 Å². The van der Waals surface area contributed by atoms with Crippen molar-refractivity contribution in [1.82, 2.24) is 15.3 Å². The molecule has 0 radical (unpaired) electrons. The van der Waals surface area contributed by atoms with Gasteiger partial charge in [-0.15, -0.1) is 0 Å². The number of carbonyl (C=O) groups excluding carboxylic acids is 2. The number of nitrogens with zero attached hydrogens (tertiary/aromatic N) is 1. The predicted molar refractivity (Wildman–Crippen MR) is 125 cm³/mol. The minimum atomic E-state index is -0.124. The topological polar surface area (TPSA) is 86.9 Å². The van der Waals surface area contributed by atoms with Crippen LogP contribution in [0.3, 0.4) is 0 Å². The Balaban J connectivity index is 1.37. The summed E-state index contributed by atoms with van der Waals surface area (Å²) in [5.74, 6) is 0.864. The van der Waals surface area contributed by atoms with Crippen molar-refractivity contribution in [1.29, 1.82) is 0 Å². The van der Waals surface area contributed by atoms with Crippen LogP contribution in [-0.4, -0.2) is 21.8 Å². The van der Waals surface area contributed by atoms with Gasteiger partial charge in [-0.1, -0.05) is 19.3 Å². The average Bonchev–Trinajstić information content (AvgIpc) is 3.47. The van der Waals surface area contributed by atoms with Gasteiger partial charge in [-0.05, 0) is 61.6 Å². The number of anilines is 1. The molecule has 0 saturated heterocycles. The van der Waals surface area contributed by atoms with Crippen LogP contribution in [0.4, 0.5) is 5.69 Å². The molecule has 0 unspecified atom stereocenters. The van der Waals surface area contributed by atoms with Crippen molar-refractivity contribution in [2.75, 3.05) is 5.32 Å².